The van der Waals surface area contributed by atoms with Crippen LogP contribution in [0.2, 0.25) is 0 Å². The second kappa shape index (κ2) is 2.95. The van der Waals surface area contributed by atoms with Crippen molar-refractivity contribution in [1.82, 2.24) is 4.98 Å². The fourth-order valence-corrected chi connectivity index (χ4v) is 1.79. The third kappa shape index (κ3) is 1.22. The smallest absolute Gasteiger partial charge is 0.243 e. The predicted octanol–water partition coefficient (Wildman–Crippen LogP) is 1.60. The van der Waals surface area contributed by atoms with Crippen LogP contribution in [0.3, 0.4) is 0 Å². The molecule has 0 spiro atoms. The Morgan fingerprint density at radius 3 is 3.07 bits per heavy atom. The van der Waals surface area contributed by atoms with Gasteiger partial charge in [0.15, 0.2) is 0 Å². The summed E-state index contributed by atoms with van der Waals surface area (Å²) in [7, 11) is 0. The first-order valence-electron chi connectivity index (χ1n) is 4.76. The lowest BCUT2D eigenvalue weighted by molar-refractivity contribution is -0.114. The monoisotopic (exact) mass is 199 g/mol. The Balaban J connectivity index is 2.30. The molecule has 0 unspecified atom stereocenters. The summed E-state index contributed by atoms with van der Waals surface area (Å²) >= 11 is 0. The van der Waals surface area contributed by atoms with Crippen LogP contribution in [0.1, 0.15) is 0 Å². The Hall–Kier alpha value is -2.10. The molecule has 1 aromatic carbocycles. The SMILES string of the molecule is O=C1CNc2c(cnc3ccccc23)N1. The van der Waals surface area contributed by atoms with E-state index in [4.69, 9.17) is 0 Å². The molecule has 4 heteroatoms. The highest BCUT2D eigenvalue weighted by atomic mass is 16.2. The van der Waals surface area contributed by atoms with Gasteiger partial charge in [0.2, 0.25) is 5.91 Å². The number of benzene rings is 1. The number of para-hydroxylation sites is 1. The average Bonchev–Trinajstić information content (AvgIpc) is 2.28. The number of amides is 1. The molecule has 0 atom stereocenters. The quantitative estimate of drug-likeness (QED) is 0.677. The number of carbonyl (C=O) groups excluding carboxylic acids is 1. The Bertz CT molecular complexity index is 551. The molecular weight excluding hydrogens is 190 g/mol. The van der Waals surface area contributed by atoms with Crippen molar-refractivity contribution in [1.29, 1.82) is 0 Å². The van der Waals surface area contributed by atoms with Gasteiger partial charge in [-0.15, -0.1) is 0 Å². The Labute approximate surface area is 86.3 Å². The van der Waals surface area contributed by atoms with Crippen LogP contribution >= 0.6 is 0 Å². The topological polar surface area (TPSA) is 54.0 Å². The van der Waals surface area contributed by atoms with Gasteiger partial charge in [-0.05, 0) is 6.07 Å². The second-order valence-corrected chi connectivity index (χ2v) is 3.47. The highest BCUT2D eigenvalue weighted by molar-refractivity contribution is 6.07. The first kappa shape index (κ1) is 8.23. The van der Waals surface area contributed by atoms with E-state index < -0.39 is 0 Å². The molecule has 0 radical (unpaired) electrons. The minimum absolute atomic E-state index is 0.0282. The van der Waals surface area contributed by atoms with E-state index in [0.29, 0.717) is 6.54 Å². The standard InChI is InChI=1S/C11H9N3O/c15-10-6-13-11-7-3-1-2-4-8(7)12-5-9(11)14-10/h1-5,13H,6H2,(H,14,15). The predicted molar refractivity (Wildman–Crippen MR) is 58.9 cm³/mol. The molecule has 1 aliphatic heterocycles. The molecule has 3 rings (SSSR count). The summed E-state index contributed by atoms with van der Waals surface area (Å²) in [5.74, 6) is -0.0282. The van der Waals surface area contributed by atoms with Gasteiger partial charge in [-0.2, -0.15) is 0 Å². The van der Waals surface area contributed by atoms with Gasteiger partial charge >= 0.3 is 0 Å². The maximum atomic E-state index is 11.2. The molecule has 74 valence electrons. The lowest BCUT2D eigenvalue weighted by atomic mass is 10.1. The fraction of sp³-hybridized carbons (Fsp3) is 0.0909. The van der Waals surface area contributed by atoms with E-state index >= 15 is 0 Å². The van der Waals surface area contributed by atoms with Gasteiger partial charge in [-0.1, -0.05) is 18.2 Å². The highest BCUT2D eigenvalue weighted by Crippen LogP contribution is 2.31. The van der Waals surface area contributed by atoms with Crippen molar-refractivity contribution in [2.24, 2.45) is 0 Å². The van der Waals surface area contributed by atoms with Gasteiger partial charge in [0.1, 0.15) is 0 Å². The zero-order valence-corrected chi connectivity index (χ0v) is 7.95. The molecule has 0 bridgehead atoms. The Morgan fingerprint density at radius 2 is 2.13 bits per heavy atom. The normalized spacial score (nSPS) is 14.3. The van der Waals surface area contributed by atoms with Gasteiger partial charge in [0, 0.05) is 5.39 Å². The van der Waals surface area contributed by atoms with E-state index in [1.807, 2.05) is 24.3 Å². The molecule has 1 amide bonds. The number of rotatable bonds is 0. The maximum absolute atomic E-state index is 11.2. The van der Waals surface area contributed by atoms with Crippen LogP contribution in [-0.4, -0.2) is 17.4 Å². The summed E-state index contributed by atoms with van der Waals surface area (Å²) in [4.78, 5) is 15.4. The van der Waals surface area contributed by atoms with Crippen molar-refractivity contribution >= 4 is 28.2 Å². The van der Waals surface area contributed by atoms with Gasteiger partial charge in [-0.25, -0.2) is 0 Å². The fourth-order valence-electron chi connectivity index (χ4n) is 1.79. The Morgan fingerprint density at radius 1 is 1.27 bits per heavy atom. The number of nitrogens with one attached hydrogen (secondary N) is 2. The van der Waals surface area contributed by atoms with Gasteiger partial charge in [0.25, 0.3) is 0 Å². The summed E-state index contributed by atoms with van der Waals surface area (Å²) in [5, 5.41) is 6.93. The van der Waals surface area contributed by atoms with E-state index in [-0.39, 0.29) is 5.91 Å². The van der Waals surface area contributed by atoms with Crippen molar-refractivity contribution in [2.75, 3.05) is 17.2 Å². The van der Waals surface area contributed by atoms with Crippen molar-refractivity contribution in [3.63, 3.8) is 0 Å². The number of pyridine rings is 1. The van der Waals surface area contributed by atoms with Crippen molar-refractivity contribution in [2.45, 2.75) is 0 Å². The van der Waals surface area contributed by atoms with Crippen LogP contribution in [0.15, 0.2) is 30.5 Å². The summed E-state index contributed by atoms with van der Waals surface area (Å²) in [6, 6.07) is 7.85. The van der Waals surface area contributed by atoms with E-state index in [2.05, 4.69) is 15.6 Å². The van der Waals surface area contributed by atoms with Crippen molar-refractivity contribution in [3.8, 4) is 0 Å². The molecule has 2 heterocycles. The number of carbonyl (C=O) groups is 1. The van der Waals surface area contributed by atoms with Crippen LogP contribution in [0.5, 0.6) is 0 Å². The van der Waals surface area contributed by atoms with Crippen LogP contribution < -0.4 is 10.6 Å². The van der Waals surface area contributed by atoms with Crippen molar-refractivity contribution in [3.05, 3.63) is 30.5 Å². The maximum Gasteiger partial charge on any atom is 0.243 e. The molecular formula is C11H9N3O. The third-order valence-corrected chi connectivity index (χ3v) is 2.48. The van der Waals surface area contributed by atoms with E-state index in [9.17, 15) is 4.79 Å². The minimum atomic E-state index is -0.0282. The number of hydrogen-bond donors (Lipinski definition) is 2. The van der Waals surface area contributed by atoms with Crippen molar-refractivity contribution < 1.29 is 4.79 Å². The summed E-state index contributed by atoms with van der Waals surface area (Å²) in [6.07, 6.45) is 1.68. The number of hydrogen-bond acceptors (Lipinski definition) is 3. The summed E-state index contributed by atoms with van der Waals surface area (Å²) in [5.41, 5.74) is 2.64. The average molecular weight is 199 g/mol. The number of fused-ring (bicyclic) bond motifs is 3. The van der Waals surface area contributed by atoms with Crippen LogP contribution in [0, 0.1) is 0 Å². The zero-order chi connectivity index (χ0) is 10.3. The second-order valence-electron chi connectivity index (χ2n) is 3.47. The molecule has 0 fully saturated rings. The molecule has 0 saturated carbocycles. The van der Waals surface area contributed by atoms with Gasteiger partial charge in [0.05, 0.1) is 29.6 Å². The van der Waals surface area contributed by atoms with E-state index in [1.54, 1.807) is 6.20 Å². The Kier molecular flexibility index (Phi) is 1.62. The largest absolute Gasteiger partial charge is 0.374 e. The first-order chi connectivity index (χ1) is 7.34. The summed E-state index contributed by atoms with van der Waals surface area (Å²) in [6.45, 7) is 0.320. The molecule has 4 nitrogen and oxygen atoms in total. The van der Waals surface area contributed by atoms with Gasteiger partial charge < -0.3 is 10.6 Å². The molecule has 2 aromatic rings. The molecule has 0 aliphatic carbocycles. The number of anilines is 2. The lowest BCUT2D eigenvalue weighted by Crippen LogP contribution is -2.27. The molecule has 0 saturated heterocycles. The molecule has 2 N–H and O–H groups in total. The lowest BCUT2D eigenvalue weighted by Gasteiger charge is -2.19. The minimum Gasteiger partial charge on any atom is -0.374 e. The van der Waals surface area contributed by atoms with E-state index in [1.165, 1.54) is 0 Å². The van der Waals surface area contributed by atoms with Crippen LogP contribution in [0.25, 0.3) is 10.9 Å². The molecule has 1 aromatic heterocycles. The van der Waals surface area contributed by atoms with Crippen LogP contribution in [-0.2, 0) is 4.79 Å². The zero-order valence-electron chi connectivity index (χ0n) is 7.95. The number of nitrogens with zero attached hydrogens (tertiary/aromatic N) is 1. The van der Waals surface area contributed by atoms with E-state index in [0.717, 1.165) is 22.3 Å². The number of aromatic nitrogens is 1. The molecule has 1 aliphatic rings. The van der Waals surface area contributed by atoms with Gasteiger partial charge in [-0.3, -0.25) is 9.78 Å². The highest BCUT2D eigenvalue weighted by Gasteiger charge is 2.16. The summed E-state index contributed by atoms with van der Waals surface area (Å²) < 4.78 is 0. The van der Waals surface area contributed by atoms with Crippen LogP contribution in [0.4, 0.5) is 11.4 Å². The third-order valence-electron chi connectivity index (χ3n) is 2.48. The molecule has 15 heavy (non-hydrogen) atoms. The first-order valence-corrected chi connectivity index (χ1v) is 4.76.